The third-order valence-electron chi connectivity index (χ3n) is 3.37. The molecule has 2 rings (SSSR count). The van der Waals surface area contributed by atoms with Gasteiger partial charge in [-0.3, -0.25) is 0 Å². The van der Waals surface area contributed by atoms with Crippen LogP contribution in [-0.2, 0) is 16.6 Å². The molecule has 7 heteroatoms. The van der Waals surface area contributed by atoms with E-state index in [1.165, 1.54) is 11.3 Å². The number of thioether (sulfide) groups is 1. The van der Waals surface area contributed by atoms with Gasteiger partial charge in [-0.05, 0) is 43.8 Å². The lowest BCUT2D eigenvalue weighted by molar-refractivity contribution is 0.388. The molecule has 0 spiro atoms. The molecule has 0 aliphatic carbocycles. The Morgan fingerprint density at radius 2 is 2.19 bits per heavy atom. The molecule has 1 aromatic heterocycles. The van der Waals surface area contributed by atoms with Gasteiger partial charge in [0, 0.05) is 30.1 Å². The molecule has 0 aromatic carbocycles. The van der Waals surface area contributed by atoms with E-state index in [1.807, 2.05) is 23.2 Å². The Hall–Kier alpha value is -0.0800. The molecule has 0 bridgehead atoms. The van der Waals surface area contributed by atoms with Crippen molar-refractivity contribution in [2.24, 2.45) is 0 Å². The molecule has 1 fully saturated rings. The molecular formula is C14H24N2O2S3. The predicted molar refractivity (Wildman–Crippen MR) is 91.6 cm³/mol. The highest BCUT2D eigenvalue weighted by atomic mass is 32.2. The van der Waals surface area contributed by atoms with E-state index in [-0.39, 0.29) is 4.75 Å². The van der Waals surface area contributed by atoms with Crippen LogP contribution in [0.4, 0.5) is 0 Å². The Balaban J connectivity index is 2.09. The Labute approximate surface area is 136 Å². The average molecular weight is 349 g/mol. The van der Waals surface area contributed by atoms with Crippen LogP contribution in [0.3, 0.4) is 0 Å². The number of hydrogen-bond donors (Lipinski definition) is 1. The average Bonchev–Trinajstić information content (AvgIpc) is 2.87. The standard InChI is InChI=1S/C14H24N2O2S3/c1-4-5-15-9-12-8-13(19-10-12)21(17,18)16-6-7-20-14(2,3)11-16/h8,10,15H,4-7,9,11H2,1-3H3. The number of nitrogens with zero attached hydrogens (tertiary/aromatic N) is 1. The Kier molecular flexibility index (Phi) is 5.76. The van der Waals surface area contributed by atoms with Crippen LogP contribution in [0.25, 0.3) is 0 Å². The van der Waals surface area contributed by atoms with Crippen molar-refractivity contribution in [3.8, 4) is 0 Å². The van der Waals surface area contributed by atoms with Crippen molar-refractivity contribution in [1.29, 1.82) is 0 Å². The molecule has 1 N–H and O–H groups in total. The summed E-state index contributed by atoms with van der Waals surface area (Å²) in [4.78, 5) is 0. The zero-order chi connectivity index (χ0) is 15.5. The van der Waals surface area contributed by atoms with Crippen molar-refractivity contribution < 1.29 is 8.42 Å². The van der Waals surface area contributed by atoms with E-state index in [9.17, 15) is 8.42 Å². The van der Waals surface area contributed by atoms with Crippen molar-refractivity contribution in [3.63, 3.8) is 0 Å². The van der Waals surface area contributed by atoms with E-state index in [2.05, 4.69) is 26.1 Å². The van der Waals surface area contributed by atoms with Gasteiger partial charge in [0.25, 0.3) is 10.0 Å². The smallest absolute Gasteiger partial charge is 0.252 e. The van der Waals surface area contributed by atoms with Crippen molar-refractivity contribution in [1.82, 2.24) is 9.62 Å². The predicted octanol–water partition coefficient (Wildman–Crippen LogP) is 2.76. The van der Waals surface area contributed by atoms with Gasteiger partial charge in [0.1, 0.15) is 4.21 Å². The Bertz CT molecular complexity index is 567. The van der Waals surface area contributed by atoms with E-state index in [4.69, 9.17) is 0 Å². The SMILES string of the molecule is CCCNCc1csc(S(=O)(=O)N2CCSC(C)(C)C2)c1. The number of nitrogens with one attached hydrogen (secondary N) is 1. The summed E-state index contributed by atoms with van der Waals surface area (Å²) in [7, 11) is -3.33. The van der Waals surface area contributed by atoms with Crippen molar-refractivity contribution in [2.75, 3.05) is 25.4 Å². The summed E-state index contributed by atoms with van der Waals surface area (Å²) < 4.78 is 27.6. The number of sulfonamides is 1. The van der Waals surface area contributed by atoms with E-state index in [0.717, 1.165) is 30.8 Å². The molecule has 0 saturated carbocycles. The molecule has 120 valence electrons. The molecule has 1 aliphatic heterocycles. The molecule has 0 atom stereocenters. The largest absolute Gasteiger partial charge is 0.313 e. The van der Waals surface area contributed by atoms with Crippen LogP contribution in [0, 0.1) is 0 Å². The van der Waals surface area contributed by atoms with Crippen LogP contribution in [0.5, 0.6) is 0 Å². The topological polar surface area (TPSA) is 49.4 Å². The van der Waals surface area contributed by atoms with Crippen LogP contribution >= 0.6 is 23.1 Å². The zero-order valence-corrected chi connectivity index (χ0v) is 15.3. The van der Waals surface area contributed by atoms with Gasteiger partial charge in [-0.15, -0.1) is 11.3 Å². The van der Waals surface area contributed by atoms with Crippen LogP contribution in [0.2, 0.25) is 0 Å². The van der Waals surface area contributed by atoms with Gasteiger partial charge in [0.15, 0.2) is 0 Å². The molecule has 0 radical (unpaired) electrons. The highest BCUT2D eigenvalue weighted by molar-refractivity contribution is 8.00. The summed E-state index contributed by atoms with van der Waals surface area (Å²) in [6.45, 7) is 9.21. The number of hydrogen-bond acceptors (Lipinski definition) is 5. The fraction of sp³-hybridized carbons (Fsp3) is 0.714. The molecule has 1 aromatic rings. The van der Waals surface area contributed by atoms with Crippen LogP contribution in [0.1, 0.15) is 32.8 Å². The summed E-state index contributed by atoms with van der Waals surface area (Å²) in [5.41, 5.74) is 1.05. The second-order valence-electron chi connectivity index (χ2n) is 5.90. The maximum atomic E-state index is 12.7. The van der Waals surface area contributed by atoms with Gasteiger partial charge in [0.05, 0.1) is 0 Å². The van der Waals surface area contributed by atoms with Crippen molar-refractivity contribution in [2.45, 2.75) is 42.7 Å². The van der Waals surface area contributed by atoms with E-state index < -0.39 is 10.0 Å². The lowest BCUT2D eigenvalue weighted by atomic mass is 10.2. The van der Waals surface area contributed by atoms with Gasteiger partial charge in [-0.25, -0.2) is 8.42 Å². The quantitative estimate of drug-likeness (QED) is 0.803. The fourth-order valence-corrected chi connectivity index (χ4v) is 6.57. The molecule has 21 heavy (non-hydrogen) atoms. The lowest BCUT2D eigenvalue weighted by Gasteiger charge is -2.36. The van der Waals surface area contributed by atoms with Crippen LogP contribution < -0.4 is 5.32 Å². The monoisotopic (exact) mass is 348 g/mol. The molecule has 0 amide bonds. The normalized spacial score (nSPS) is 19.8. The third kappa shape index (κ3) is 4.45. The van der Waals surface area contributed by atoms with Crippen LogP contribution in [0.15, 0.2) is 15.7 Å². The number of rotatable bonds is 6. The Morgan fingerprint density at radius 1 is 1.43 bits per heavy atom. The van der Waals surface area contributed by atoms with E-state index in [1.54, 1.807) is 4.31 Å². The molecule has 2 heterocycles. The van der Waals surface area contributed by atoms with Gasteiger partial charge < -0.3 is 5.32 Å². The highest BCUT2D eigenvalue weighted by Crippen LogP contribution is 2.33. The van der Waals surface area contributed by atoms with Gasteiger partial charge >= 0.3 is 0 Å². The van der Waals surface area contributed by atoms with Crippen LogP contribution in [-0.4, -0.2) is 42.9 Å². The van der Waals surface area contributed by atoms with Crippen molar-refractivity contribution >= 4 is 33.1 Å². The molecule has 0 unspecified atom stereocenters. The molecule has 1 saturated heterocycles. The minimum Gasteiger partial charge on any atom is -0.313 e. The first-order chi connectivity index (χ1) is 9.85. The first kappa shape index (κ1) is 17.3. The fourth-order valence-electron chi connectivity index (χ4n) is 2.30. The first-order valence-electron chi connectivity index (χ1n) is 7.27. The minimum atomic E-state index is -3.33. The molecular weight excluding hydrogens is 324 g/mol. The summed E-state index contributed by atoms with van der Waals surface area (Å²) >= 11 is 3.17. The summed E-state index contributed by atoms with van der Waals surface area (Å²) in [5.74, 6) is 0.864. The first-order valence-corrected chi connectivity index (χ1v) is 10.6. The van der Waals surface area contributed by atoms with Gasteiger partial charge in [-0.2, -0.15) is 16.1 Å². The Morgan fingerprint density at radius 3 is 2.86 bits per heavy atom. The lowest BCUT2D eigenvalue weighted by Crippen LogP contribution is -2.45. The highest BCUT2D eigenvalue weighted by Gasteiger charge is 2.35. The van der Waals surface area contributed by atoms with E-state index >= 15 is 0 Å². The number of thiophene rings is 1. The summed E-state index contributed by atoms with van der Waals surface area (Å²) in [6.07, 6.45) is 1.08. The zero-order valence-electron chi connectivity index (χ0n) is 12.9. The molecule has 4 nitrogen and oxygen atoms in total. The summed E-state index contributed by atoms with van der Waals surface area (Å²) in [5, 5.41) is 5.25. The maximum Gasteiger partial charge on any atom is 0.252 e. The second kappa shape index (κ2) is 7.00. The van der Waals surface area contributed by atoms with Crippen molar-refractivity contribution in [3.05, 3.63) is 17.0 Å². The molecule has 1 aliphatic rings. The maximum absolute atomic E-state index is 12.7. The van der Waals surface area contributed by atoms with Gasteiger partial charge in [0.2, 0.25) is 0 Å². The summed E-state index contributed by atoms with van der Waals surface area (Å²) in [6, 6.07) is 1.82. The third-order valence-corrected chi connectivity index (χ3v) is 7.98. The minimum absolute atomic E-state index is 0.00586. The van der Waals surface area contributed by atoms with Gasteiger partial charge in [-0.1, -0.05) is 6.92 Å². The van der Waals surface area contributed by atoms with E-state index in [0.29, 0.717) is 17.3 Å². The second-order valence-corrected chi connectivity index (χ2v) is 10.8.